The van der Waals surface area contributed by atoms with Crippen LogP contribution in [0.1, 0.15) is 11.1 Å². The molecule has 0 aliphatic rings. The second kappa shape index (κ2) is 6.74. The lowest BCUT2D eigenvalue weighted by Gasteiger charge is -2.03. The van der Waals surface area contributed by atoms with Gasteiger partial charge in [0, 0.05) is 11.1 Å². The van der Waals surface area contributed by atoms with Crippen molar-refractivity contribution in [3.05, 3.63) is 68.7 Å². The van der Waals surface area contributed by atoms with Crippen LogP contribution in [-0.2, 0) is 0 Å². The Hall–Kier alpha value is -2.84. The van der Waals surface area contributed by atoms with Gasteiger partial charge in [-0.15, -0.1) is 0 Å². The van der Waals surface area contributed by atoms with E-state index >= 15 is 0 Å². The molecule has 0 aromatic heterocycles. The third kappa shape index (κ3) is 3.43. The highest BCUT2D eigenvalue weighted by molar-refractivity contribution is 6.30. The van der Waals surface area contributed by atoms with Gasteiger partial charge in [-0.2, -0.15) is 5.26 Å². The van der Waals surface area contributed by atoms with E-state index in [1.165, 1.54) is 19.2 Å². The minimum Gasteiger partial charge on any atom is -0.490 e. The number of nitro benzene ring substituents is 1. The van der Waals surface area contributed by atoms with Crippen molar-refractivity contribution >= 4 is 28.9 Å². The van der Waals surface area contributed by atoms with Crippen molar-refractivity contribution in [3.63, 3.8) is 0 Å². The first-order chi connectivity index (χ1) is 10.5. The first-order valence-corrected chi connectivity index (χ1v) is 6.63. The maximum atomic E-state index is 11.0. The number of ether oxygens (including phenoxy) is 1. The van der Waals surface area contributed by atoms with Crippen LogP contribution in [0.2, 0.25) is 5.02 Å². The van der Waals surface area contributed by atoms with Crippen LogP contribution in [0.25, 0.3) is 11.6 Å². The quantitative estimate of drug-likeness (QED) is 0.364. The van der Waals surface area contributed by atoms with Gasteiger partial charge in [0.25, 0.3) is 0 Å². The predicted octanol–water partition coefficient (Wildman–Crippen LogP) is 4.32. The van der Waals surface area contributed by atoms with Crippen molar-refractivity contribution in [2.45, 2.75) is 0 Å². The van der Waals surface area contributed by atoms with Gasteiger partial charge in [0.2, 0.25) is 0 Å². The van der Waals surface area contributed by atoms with Crippen LogP contribution in [0.15, 0.2) is 42.5 Å². The molecule has 6 heteroatoms. The molecule has 2 aromatic rings. The summed E-state index contributed by atoms with van der Waals surface area (Å²) in [5.74, 6) is 0.173. The Morgan fingerprint density at radius 2 is 2.00 bits per heavy atom. The summed E-state index contributed by atoms with van der Waals surface area (Å²) in [6, 6.07) is 13.4. The Kier molecular flexibility index (Phi) is 4.77. The molecular formula is C16H11ClN2O3. The number of hydrogen-bond donors (Lipinski definition) is 0. The predicted molar refractivity (Wildman–Crippen MR) is 84.6 cm³/mol. The molecule has 0 N–H and O–H groups in total. The first-order valence-electron chi connectivity index (χ1n) is 6.25. The molecule has 2 aromatic carbocycles. The summed E-state index contributed by atoms with van der Waals surface area (Å²) in [6.45, 7) is 0. The van der Waals surface area contributed by atoms with Gasteiger partial charge in [-0.1, -0.05) is 29.8 Å². The van der Waals surface area contributed by atoms with Crippen LogP contribution >= 0.6 is 11.6 Å². The Bertz CT molecular complexity index is 777. The van der Waals surface area contributed by atoms with Gasteiger partial charge in [-0.3, -0.25) is 10.1 Å². The number of hydrogen-bond acceptors (Lipinski definition) is 4. The molecule has 5 nitrogen and oxygen atoms in total. The molecule has 0 saturated heterocycles. The lowest BCUT2D eigenvalue weighted by Crippen LogP contribution is -1.94. The molecule has 0 saturated carbocycles. The van der Waals surface area contributed by atoms with Crippen LogP contribution in [0.4, 0.5) is 5.69 Å². The highest BCUT2D eigenvalue weighted by atomic mass is 35.5. The van der Waals surface area contributed by atoms with Crippen molar-refractivity contribution in [2.24, 2.45) is 0 Å². The van der Waals surface area contributed by atoms with Crippen LogP contribution in [0.3, 0.4) is 0 Å². The molecule has 0 atom stereocenters. The van der Waals surface area contributed by atoms with E-state index in [0.29, 0.717) is 21.7 Å². The molecule has 0 fully saturated rings. The fourth-order valence-electron chi connectivity index (χ4n) is 1.92. The van der Waals surface area contributed by atoms with Crippen LogP contribution in [-0.4, -0.2) is 12.0 Å². The summed E-state index contributed by atoms with van der Waals surface area (Å²) in [7, 11) is 1.37. The van der Waals surface area contributed by atoms with Crippen molar-refractivity contribution in [2.75, 3.05) is 7.11 Å². The monoisotopic (exact) mass is 314 g/mol. The number of allylic oxidation sites excluding steroid dienone is 1. The van der Waals surface area contributed by atoms with E-state index < -0.39 is 4.92 Å². The zero-order valence-electron chi connectivity index (χ0n) is 11.6. The Balaban J connectivity index is 2.46. The molecule has 0 bridgehead atoms. The van der Waals surface area contributed by atoms with E-state index in [9.17, 15) is 15.4 Å². The average molecular weight is 315 g/mol. The van der Waals surface area contributed by atoms with Gasteiger partial charge in [0.1, 0.15) is 0 Å². The molecule has 0 aliphatic heterocycles. The number of nitriles is 1. The van der Waals surface area contributed by atoms with Crippen molar-refractivity contribution in [1.29, 1.82) is 5.26 Å². The lowest BCUT2D eigenvalue weighted by molar-refractivity contribution is -0.385. The highest BCUT2D eigenvalue weighted by Crippen LogP contribution is 2.29. The number of nitrogens with zero attached hydrogens (tertiary/aromatic N) is 2. The second-order valence-electron chi connectivity index (χ2n) is 4.37. The van der Waals surface area contributed by atoms with Gasteiger partial charge in [0.15, 0.2) is 5.75 Å². The summed E-state index contributed by atoms with van der Waals surface area (Å²) in [4.78, 5) is 10.5. The van der Waals surface area contributed by atoms with E-state index in [1.807, 2.05) is 0 Å². The summed E-state index contributed by atoms with van der Waals surface area (Å²) in [5.41, 5.74) is 1.46. The fraction of sp³-hybridized carbons (Fsp3) is 0.0625. The number of methoxy groups -OCH3 is 1. The average Bonchev–Trinajstić information content (AvgIpc) is 2.53. The molecule has 110 valence electrons. The zero-order valence-corrected chi connectivity index (χ0v) is 12.4. The van der Waals surface area contributed by atoms with Crippen molar-refractivity contribution < 1.29 is 9.66 Å². The van der Waals surface area contributed by atoms with Crippen molar-refractivity contribution in [3.8, 4) is 11.8 Å². The molecule has 0 heterocycles. The van der Waals surface area contributed by atoms with Gasteiger partial charge in [-0.05, 0) is 35.4 Å². The molecule has 2 rings (SSSR count). The van der Waals surface area contributed by atoms with E-state index in [2.05, 4.69) is 6.07 Å². The minimum atomic E-state index is -0.523. The molecular weight excluding hydrogens is 304 g/mol. The second-order valence-corrected chi connectivity index (χ2v) is 4.80. The number of nitro groups is 1. The van der Waals surface area contributed by atoms with Crippen LogP contribution in [0.5, 0.6) is 5.75 Å². The van der Waals surface area contributed by atoms with Gasteiger partial charge in [0.05, 0.1) is 23.7 Å². The minimum absolute atomic E-state index is 0.148. The lowest BCUT2D eigenvalue weighted by atomic mass is 10.0. The van der Waals surface area contributed by atoms with E-state index in [1.54, 1.807) is 36.4 Å². The third-order valence-corrected chi connectivity index (χ3v) is 3.24. The standard InChI is InChI=1S/C16H11ClN2O3/c1-22-16-7-2-11(9-15(16)19(20)21)8-13(10-18)12-3-5-14(17)6-4-12/h2-9H,1H3. The van der Waals surface area contributed by atoms with Gasteiger partial charge >= 0.3 is 5.69 Å². The molecule has 22 heavy (non-hydrogen) atoms. The van der Waals surface area contributed by atoms with E-state index in [-0.39, 0.29) is 11.4 Å². The van der Waals surface area contributed by atoms with Crippen molar-refractivity contribution in [1.82, 2.24) is 0 Å². The topological polar surface area (TPSA) is 76.2 Å². The first kappa shape index (κ1) is 15.5. The van der Waals surface area contributed by atoms with Gasteiger partial charge in [-0.25, -0.2) is 0 Å². The Morgan fingerprint density at radius 3 is 2.55 bits per heavy atom. The van der Waals surface area contributed by atoms with Gasteiger partial charge < -0.3 is 4.74 Å². The third-order valence-electron chi connectivity index (χ3n) is 2.99. The highest BCUT2D eigenvalue weighted by Gasteiger charge is 2.14. The zero-order chi connectivity index (χ0) is 16.1. The SMILES string of the molecule is COc1ccc(C=C(C#N)c2ccc(Cl)cc2)cc1[N+](=O)[O-]. The molecule has 0 unspecified atom stereocenters. The smallest absolute Gasteiger partial charge is 0.311 e. The van der Waals surface area contributed by atoms with E-state index in [0.717, 1.165) is 0 Å². The number of rotatable bonds is 4. The van der Waals surface area contributed by atoms with Crippen LogP contribution in [0, 0.1) is 21.4 Å². The normalized spacial score (nSPS) is 10.9. The number of halogens is 1. The fourth-order valence-corrected chi connectivity index (χ4v) is 2.04. The molecule has 0 aliphatic carbocycles. The Labute approximate surface area is 132 Å². The Morgan fingerprint density at radius 1 is 1.32 bits per heavy atom. The summed E-state index contributed by atoms with van der Waals surface area (Å²) >= 11 is 5.82. The summed E-state index contributed by atoms with van der Waals surface area (Å²) < 4.78 is 4.95. The summed E-state index contributed by atoms with van der Waals surface area (Å²) in [5, 5.41) is 20.9. The van der Waals surface area contributed by atoms with Crippen LogP contribution < -0.4 is 4.74 Å². The number of benzene rings is 2. The summed E-state index contributed by atoms with van der Waals surface area (Å²) in [6.07, 6.45) is 1.58. The maximum Gasteiger partial charge on any atom is 0.311 e. The molecule has 0 radical (unpaired) electrons. The molecule has 0 amide bonds. The molecule has 0 spiro atoms. The maximum absolute atomic E-state index is 11.0. The van der Waals surface area contributed by atoms with E-state index in [4.69, 9.17) is 16.3 Å². The largest absolute Gasteiger partial charge is 0.490 e.